The molecule has 6 heteroatoms. The molecule has 0 aliphatic carbocycles. The van der Waals surface area contributed by atoms with Gasteiger partial charge in [-0.3, -0.25) is 14.4 Å². The zero-order valence-corrected chi connectivity index (χ0v) is 14.0. The fourth-order valence-corrected chi connectivity index (χ4v) is 3.83. The molecule has 0 bridgehead atoms. The Hall–Kier alpha value is -2.73. The van der Waals surface area contributed by atoms with Crippen molar-refractivity contribution in [2.45, 2.75) is 25.3 Å². The summed E-state index contributed by atoms with van der Waals surface area (Å²) >= 11 is 0. The molecule has 3 aromatic heterocycles. The molecule has 0 unspecified atom stereocenters. The highest BCUT2D eigenvalue weighted by Crippen LogP contribution is 2.28. The third kappa shape index (κ3) is 2.68. The lowest BCUT2D eigenvalue weighted by molar-refractivity contribution is 0.201. The molecule has 0 amide bonds. The number of piperidine rings is 1. The molecular weight excluding hydrogens is 312 g/mol. The first kappa shape index (κ1) is 14.6. The molecule has 126 valence electrons. The van der Waals surface area contributed by atoms with Crippen molar-refractivity contribution < 1.29 is 0 Å². The van der Waals surface area contributed by atoms with Gasteiger partial charge in [-0.05, 0) is 49.7 Å². The van der Waals surface area contributed by atoms with Gasteiger partial charge in [-0.25, -0.2) is 0 Å². The molecular formula is C19H20N6. The van der Waals surface area contributed by atoms with Gasteiger partial charge in [0.25, 0.3) is 0 Å². The van der Waals surface area contributed by atoms with Crippen LogP contribution in [0.2, 0.25) is 0 Å². The Labute approximate surface area is 145 Å². The maximum atomic E-state index is 4.44. The lowest BCUT2D eigenvalue weighted by atomic mass is 9.95. The molecule has 4 heterocycles. The molecule has 1 aliphatic rings. The molecule has 5 rings (SSSR count). The maximum absolute atomic E-state index is 4.44. The molecule has 4 aromatic rings. The van der Waals surface area contributed by atoms with E-state index >= 15 is 0 Å². The average molecular weight is 332 g/mol. The topological polar surface area (TPSA) is 62.1 Å². The van der Waals surface area contributed by atoms with Crippen LogP contribution in [0, 0.1) is 0 Å². The summed E-state index contributed by atoms with van der Waals surface area (Å²) in [5, 5.41) is 17.1. The van der Waals surface area contributed by atoms with Crippen LogP contribution in [0.15, 0.2) is 48.8 Å². The number of fused-ring (bicyclic) bond motifs is 2. The SMILES string of the molecule is c1ccn2c(C3CCN(Cc4ccc5cn[nH]c5c4)CC3)nnc2c1. The third-order valence-electron chi connectivity index (χ3n) is 5.21. The number of nitrogens with zero attached hydrogens (tertiary/aromatic N) is 5. The summed E-state index contributed by atoms with van der Waals surface area (Å²) in [6.45, 7) is 3.17. The molecule has 0 saturated carbocycles. The third-order valence-corrected chi connectivity index (χ3v) is 5.21. The molecule has 0 radical (unpaired) electrons. The van der Waals surface area contributed by atoms with Crippen molar-refractivity contribution in [2.75, 3.05) is 13.1 Å². The minimum absolute atomic E-state index is 0.490. The first-order chi connectivity index (χ1) is 12.4. The summed E-state index contributed by atoms with van der Waals surface area (Å²) in [4.78, 5) is 2.53. The lowest BCUT2D eigenvalue weighted by Gasteiger charge is -2.31. The van der Waals surface area contributed by atoms with Gasteiger partial charge < -0.3 is 0 Å². The van der Waals surface area contributed by atoms with Gasteiger partial charge in [0.2, 0.25) is 0 Å². The van der Waals surface area contributed by atoms with Crippen LogP contribution < -0.4 is 0 Å². The second-order valence-corrected chi connectivity index (χ2v) is 6.83. The van der Waals surface area contributed by atoms with Crippen molar-refractivity contribution in [3.8, 4) is 0 Å². The van der Waals surface area contributed by atoms with E-state index in [1.807, 2.05) is 24.4 Å². The van der Waals surface area contributed by atoms with Crippen molar-refractivity contribution >= 4 is 16.6 Å². The summed E-state index contributed by atoms with van der Waals surface area (Å²) in [6.07, 6.45) is 6.19. The number of hydrogen-bond acceptors (Lipinski definition) is 4. The zero-order valence-electron chi connectivity index (χ0n) is 14.0. The van der Waals surface area contributed by atoms with Crippen molar-refractivity contribution in [1.29, 1.82) is 0 Å². The molecule has 1 fully saturated rings. The largest absolute Gasteiger partial charge is 0.299 e. The van der Waals surface area contributed by atoms with Crippen molar-refractivity contribution in [1.82, 2.24) is 29.7 Å². The van der Waals surface area contributed by atoms with Gasteiger partial charge >= 0.3 is 0 Å². The van der Waals surface area contributed by atoms with E-state index in [0.29, 0.717) is 5.92 Å². The fraction of sp³-hybridized carbons (Fsp3) is 0.316. The number of hydrogen-bond donors (Lipinski definition) is 1. The highest BCUT2D eigenvalue weighted by molar-refractivity contribution is 5.78. The Kier molecular flexibility index (Phi) is 3.48. The molecule has 25 heavy (non-hydrogen) atoms. The van der Waals surface area contributed by atoms with Crippen LogP contribution in [0.4, 0.5) is 0 Å². The van der Waals surface area contributed by atoms with Gasteiger partial charge in [0.1, 0.15) is 5.82 Å². The van der Waals surface area contributed by atoms with E-state index in [4.69, 9.17) is 0 Å². The predicted molar refractivity (Wildman–Crippen MR) is 96.3 cm³/mol. The Morgan fingerprint density at radius 1 is 1.08 bits per heavy atom. The first-order valence-electron chi connectivity index (χ1n) is 8.81. The Balaban J connectivity index is 1.28. The number of aromatic nitrogens is 5. The van der Waals surface area contributed by atoms with Crippen LogP contribution in [-0.4, -0.2) is 42.8 Å². The Morgan fingerprint density at radius 3 is 2.92 bits per heavy atom. The smallest absolute Gasteiger partial charge is 0.160 e. The van der Waals surface area contributed by atoms with Gasteiger partial charge in [-0.1, -0.05) is 18.2 Å². The zero-order chi connectivity index (χ0) is 16.6. The van der Waals surface area contributed by atoms with Crippen LogP contribution in [0.5, 0.6) is 0 Å². The number of pyridine rings is 1. The highest BCUT2D eigenvalue weighted by Gasteiger charge is 2.24. The first-order valence-corrected chi connectivity index (χ1v) is 8.81. The molecule has 0 spiro atoms. The van der Waals surface area contributed by atoms with E-state index in [2.05, 4.69) is 54.1 Å². The molecule has 1 aliphatic heterocycles. The Morgan fingerprint density at radius 2 is 2.00 bits per heavy atom. The number of nitrogens with one attached hydrogen (secondary N) is 1. The van der Waals surface area contributed by atoms with Crippen LogP contribution >= 0.6 is 0 Å². The number of aromatic amines is 1. The summed E-state index contributed by atoms with van der Waals surface area (Å²) in [6, 6.07) is 12.6. The maximum Gasteiger partial charge on any atom is 0.160 e. The van der Waals surface area contributed by atoms with E-state index < -0.39 is 0 Å². The molecule has 1 N–H and O–H groups in total. The van der Waals surface area contributed by atoms with Gasteiger partial charge in [0.15, 0.2) is 5.65 Å². The Bertz CT molecular complexity index is 1010. The minimum atomic E-state index is 0.490. The fourth-order valence-electron chi connectivity index (χ4n) is 3.83. The average Bonchev–Trinajstić information content (AvgIpc) is 3.29. The van der Waals surface area contributed by atoms with E-state index in [-0.39, 0.29) is 0 Å². The number of rotatable bonds is 3. The second kappa shape index (κ2) is 5.97. The van der Waals surface area contributed by atoms with Crippen LogP contribution in [0.1, 0.15) is 30.1 Å². The van der Waals surface area contributed by atoms with E-state index in [9.17, 15) is 0 Å². The van der Waals surface area contributed by atoms with Gasteiger partial charge in [0.05, 0.1) is 11.7 Å². The van der Waals surface area contributed by atoms with Crippen molar-refractivity contribution in [3.05, 3.63) is 60.2 Å². The number of H-pyrrole nitrogens is 1. The lowest BCUT2D eigenvalue weighted by Crippen LogP contribution is -2.33. The molecule has 0 atom stereocenters. The number of likely N-dealkylation sites (tertiary alicyclic amines) is 1. The summed E-state index contributed by atoms with van der Waals surface area (Å²) in [7, 11) is 0. The van der Waals surface area contributed by atoms with Gasteiger partial charge in [0, 0.05) is 24.0 Å². The van der Waals surface area contributed by atoms with E-state index in [1.54, 1.807) is 0 Å². The van der Waals surface area contributed by atoms with Crippen molar-refractivity contribution in [3.63, 3.8) is 0 Å². The summed E-state index contributed by atoms with van der Waals surface area (Å²) < 4.78 is 2.13. The van der Waals surface area contributed by atoms with Gasteiger partial charge in [-0.15, -0.1) is 10.2 Å². The second-order valence-electron chi connectivity index (χ2n) is 6.83. The standard InChI is InChI=1S/C19H20N6/c1-2-8-25-18(3-1)22-23-19(25)15-6-9-24(10-7-15)13-14-4-5-16-12-20-21-17(16)11-14/h1-5,8,11-12,15H,6-7,9-10,13H2,(H,20,21). The summed E-state index contributed by atoms with van der Waals surface area (Å²) in [5.74, 6) is 1.60. The predicted octanol–water partition coefficient (Wildman–Crippen LogP) is 2.99. The quantitative estimate of drug-likeness (QED) is 0.626. The van der Waals surface area contributed by atoms with Crippen LogP contribution in [-0.2, 0) is 6.54 Å². The summed E-state index contributed by atoms with van der Waals surface area (Å²) in [5.41, 5.74) is 3.39. The van der Waals surface area contributed by atoms with E-state index in [0.717, 1.165) is 49.5 Å². The molecule has 6 nitrogen and oxygen atoms in total. The monoisotopic (exact) mass is 332 g/mol. The van der Waals surface area contributed by atoms with Crippen molar-refractivity contribution in [2.24, 2.45) is 0 Å². The normalized spacial score (nSPS) is 16.8. The van der Waals surface area contributed by atoms with Crippen LogP contribution in [0.3, 0.4) is 0 Å². The molecule has 1 aromatic carbocycles. The van der Waals surface area contributed by atoms with Gasteiger partial charge in [-0.2, -0.15) is 5.10 Å². The van der Waals surface area contributed by atoms with E-state index in [1.165, 1.54) is 10.9 Å². The minimum Gasteiger partial charge on any atom is -0.299 e. The number of benzene rings is 1. The molecule has 1 saturated heterocycles. The van der Waals surface area contributed by atoms with Crippen LogP contribution in [0.25, 0.3) is 16.6 Å². The highest BCUT2D eigenvalue weighted by atomic mass is 15.3.